The van der Waals surface area contributed by atoms with E-state index in [-0.39, 0.29) is 17.9 Å². The number of amides is 1. The fraction of sp³-hybridized carbons (Fsp3) is 0.370. The molecule has 1 aromatic heterocycles. The van der Waals surface area contributed by atoms with E-state index in [9.17, 15) is 4.79 Å². The van der Waals surface area contributed by atoms with Crippen LogP contribution in [-0.4, -0.2) is 58.9 Å². The van der Waals surface area contributed by atoms with Gasteiger partial charge in [0.05, 0.1) is 18.1 Å². The Balaban J connectivity index is 1.39. The Labute approximate surface area is 196 Å². The molecular weight excluding hydrogens is 412 g/mol. The number of carbonyl (C=O) groups is 1. The zero-order valence-corrected chi connectivity index (χ0v) is 19.9. The molecule has 1 fully saturated rings. The summed E-state index contributed by atoms with van der Waals surface area (Å²) in [5, 5.41) is 0. The average molecular weight is 445 g/mol. The van der Waals surface area contributed by atoms with Gasteiger partial charge in [-0.25, -0.2) is 4.98 Å². The van der Waals surface area contributed by atoms with E-state index in [0.717, 1.165) is 18.8 Å². The fourth-order valence-corrected chi connectivity index (χ4v) is 4.01. The van der Waals surface area contributed by atoms with Gasteiger partial charge in [0.1, 0.15) is 18.1 Å². The molecule has 1 aliphatic heterocycles. The quantitative estimate of drug-likeness (QED) is 0.573. The molecule has 1 saturated heterocycles. The Morgan fingerprint density at radius 1 is 0.939 bits per heavy atom. The van der Waals surface area contributed by atoms with Crippen molar-refractivity contribution in [2.75, 3.05) is 33.2 Å². The molecule has 0 atom stereocenters. The van der Waals surface area contributed by atoms with Crippen molar-refractivity contribution in [1.82, 2.24) is 19.8 Å². The summed E-state index contributed by atoms with van der Waals surface area (Å²) in [6.45, 7) is 9.99. The first-order chi connectivity index (χ1) is 15.8. The number of piperazine rings is 1. The highest BCUT2D eigenvalue weighted by Crippen LogP contribution is 2.32. The van der Waals surface area contributed by atoms with Gasteiger partial charge in [0.2, 0.25) is 0 Å². The molecule has 0 bridgehead atoms. The van der Waals surface area contributed by atoms with Gasteiger partial charge in [-0.1, -0.05) is 55.8 Å². The van der Waals surface area contributed by atoms with E-state index >= 15 is 0 Å². The van der Waals surface area contributed by atoms with Crippen molar-refractivity contribution in [2.24, 2.45) is 0 Å². The lowest BCUT2D eigenvalue weighted by Crippen LogP contribution is -2.47. The summed E-state index contributed by atoms with van der Waals surface area (Å²) in [7, 11) is 2.07. The van der Waals surface area contributed by atoms with Gasteiger partial charge < -0.3 is 14.5 Å². The SMILES string of the molecule is Cc1ccc(C(C)(C)c2ccc(OCc3cncc(C(=O)N4CCN(C)CC4)n3)cc2)cc1. The maximum atomic E-state index is 12.8. The molecule has 0 saturated carbocycles. The third-order valence-corrected chi connectivity index (χ3v) is 6.43. The molecule has 2 aromatic carbocycles. The monoisotopic (exact) mass is 444 g/mol. The van der Waals surface area contributed by atoms with E-state index in [1.54, 1.807) is 6.20 Å². The van der Waals surface area contributed by atoms with E-state index < -0.39 is 0 Å². The van der Waals surface area contributed by atoms with E-state index in [0.29, 0.717) is 24.5 Å². The molecule has 0 N–H and O–H groups in total. The van der Waals surface area contributed by atoms with E-state index in [1.807, 2.05) is 17.0 Å². The summed E-state index contributed by atoms with van der Waals surface area (Å²) in [5.41, 5.74) is 4.66. The van der Waals surface area contributed by atoms with Crippen molar-refractivity contribution in [3.05, 3.63) is 89.0 Å². The lowest BCUT2D eigenvalue weighted by molar-refractivity contribution is 0.0657. The van der Waals surface area contributed by atoms with Crippen molar-refractivity contribution in [3.63, 3.8) is 0 Å². The van der Waals surface area contributed by atoms with Gasteiger partial charge in [-0.05, 0) is 37.2 Å². The first kappa shape index (κ1) is 22.9. The number of rotatable bonds is 6. The highest BCUT2D eigenvalue weighted by Gasteiger charge is 2.23. The van der Waals surface area contributed by atoms with Gasteiger partial charge in [-0.3, -0.25) is 9.78 Å². The Bertz CT molecular complexity index is 1090. The predicted molar refractivity (Wildman–Crippen MR) is 130 cm³/mol. The Morgan fingerprint density at radius 2 is 1.55 bits per heavy atom. The largest absolute Gasteiger partial charge is 0.487 e. The molecule has 6 heteroatoms. The maximum absolute atomic E-state index is 12.8. The zero-order chi connectivity index (χ0) is 23.4. The average Bonchev–Trinajstić information content (AvgIpc) is 2.83. The van der Waals surface area contributed by atoms with Gasteiger partial charge in [-0.2, -0.15) is 0 Å². The second-order valence-electron chi connectivity index (χ2n) is 9.30. The van der Waals surface area contributed by atoms with Crippen LogP contribution >= 0.6 is 0 Å². The molecule has 3 aromatic rings. The summed E-state index contributed by atoms with van der Waals surface area (Å²) in [5.74, 6) is 0.691. The van der Waals surface area contributed by atoms with Crippen LogP contribution in [0.1, 0.15) is 46.7 Å². The first-order valence-electron chi connectivity index (χ1n) is 11.4. The standard InChI is InChI=1S/C27H32N4O2/c1-20-5-7-21(8-6-20)27(2,3)22-9-11-24(12-10-22)33-19-23-17-28-18-25(29-23)26(32)31-15-13-30(4)14-16-31/h5-12,17-18H,13-16,19H2,1-4H3. The summed E-state index contributed by atoms with van der Waals surface area (Å²) in [4.78, 5) is 25.5. The lowest BCUT2D eigenvalue weighted by atomic mass is 9.78. The fourth-order valence-electron chi connectivity index (χ4n) is 4.01. The van der Waals surface area contributed by atoms with E-state index in [2.05, 4.69) is 79.1 Å². The van der Waals surface area contributed by atoms with Crippen LogP contribution in [0.15, 0.2) is 60.9 Å². The Morgan fingerprint density at radius 3 is 2.18 bits per heavy atom. The highest BCUT2D eigenvalue weighted by atomic mass is 16.5. The molecule has 0 unspecified atom stereocenters. The van der Waals surface area contributed by atoms with Crippen molar-refractivity contribution in [1.29, 1.82) is 0 Å². The number of hydrogen-bond donors (Lipinski definition) is 0. The molecule has 1 aliphatic rings. The molecule has 0 spiro atoms. The second-order valence-corrected chi connectivity index (χ2v) is 9.30. The van der Waals surface area contributed by atoms with Crippen LogP contribution in [0.5, 0.6) is 5.75 Å². The number of aromatic nitrogens is 2. The minimum atomic E-state index is -0.102. The van der Waals surface area contributed by atoms with E-state index in [4.69, 9.17) is 4.74 Å². The predicted octanol–water partition coefficient (Wildman–Crippen LogP) is 4.08. The van der Waals surface area contributed by atoms with Gasteiger partial charge in [-0.15, -0.1) is 0 Å². The lowest BCUT2D eigenvalue weighted by Gasteiger charge is -2.32. The van der Waals surface area contributed by atoms with Crippen LogP contribution in [0.25, 0.3) is 0 Å². The topological polar surface area (TPSA) is 58.6 Å². The Hall–Kier alpha value is -3.25. The van der Waals surface area contributed by atoms with Crippen LogP contribution < -0.4 is 4.74 Å². The van der Waals surface area contributed by atoms with Gasteiger partial charge in [0.15, 0.2) is 0 Å². The smallest absolute Gasteiger partial charge is 0.274 e. The van der Waals surface area contributed by atoms with Crippen LogP contribution in [0, 0.1) is 6.92 Å². The van der Waals surface area contributed by atoms with Gasteiger partial charge >= 0.3 is 0 Å². The minimum Gasteiger partial charge on any atom is -0.487 e. The Kier molecular flexibility index (Phi) is 6.75. The van der Waals surface area contributed by atoms with Crippen molar-refractivity contribution >= 4 is 5.91 Å². The minimum absolute atomic E-state index is 0.0693. The number of likely N-dealkylation sites (N-methyl/N-ethyl adjacent to an activating group) is 1. The van der Waals surface area contributed by atoms with Crippen molar-refractivity contribution < 1.29 is 9.53 Å². The third-order valence-electron chi connectivity index (χ3n) is 6.43. The molecule has 4 rings (SSSR count). The molecule has 2 heterocycles. The molecule has 33 heavy (non-hydrogen) atoms. The summed E-state index contributed by atoms with van der Waals surface area (Å²) in [6.07, 6.45) is 3.18. The molecular formula is C27H32N4O2. The second kappa shape index (κ2) is 9.71. The summed E-state index contributed by atoms with van der Waals surface area (Å²) in [6, 6.07) is 16.9. The molecule has 1 amide bonds. The first-order valence-corrected chi connectivity index (χ1v) is 11.4. The number of carbonyl (C=O) groups excluding carboxylic acids is 1. The van der Waals surface area contributed by atoms with Crippen molar-refractivity contribution in [2.45, 2.75) is 32.8 Å². The molecule has 0 radical (unpaired) electrons. The summed E-state index contributed by atoms with van der Waals surface area (Å²) < 4.78 is 5.94. The number of aryl methyl sites for hydroxylation is 1. The molecule has 172 valence electrons. The van der Waals surface area contributed by atoms with Crippen LogP contribution in [0.4, 0.5) is 0 Å². The highest BCUT2D eigenvalue weighted by molar-refractivity contribution is 5.92. The van der Waals surface area contributed by atoms with Crippen LogP contribution in [0.2, 0.25) is 0 Å². The number of benzene rings is 2. The third kappa shape index (κ3) is 5.40. The number of hydrogen-bond acceptors (Lipinski definition) is 5. The van der Waals surface area contributed by atoms with E-state index in [1.165, 1.54) is 22.9 Å². The maximum Gasteiger partial charge on any atom is 0.274 e. The molecule has 0 aliphatic carbocycles. The number of ether oxygens (including phenoxy) is 1. The summed E-state index contributed by atoms with van der Waals surface area (Å²) >= 11 is 0. The normalized spacial score (nSPS) is 14.8. The van der Waals surface area contributed by atoms with Crippen LogP contribution in [-0.2, 0) is 12.0 Å². The van der Waals surface area contributed by atoms with Crippen LogP contribution in [0.3, 0.4) is 0 Å². The van der Waals surface area contributed by atoms with Gasteiger partial charge in [0, 0.05) is 31.6 Å². The van der Waals surface area contributed by atoms with Crippen molar-refractivity contribution in [3.8, 4) is 5.75 Å². The zero-order valence-electron chi connectivity index (χ0n) is 19.9. The number of nitrogens with zero attached hydrogens (tertiary/aromatic N) is 4. The van der Waals surface area contributed by atoms with Gasteiger partial charge in [0.25, 0.3) is 5.91 Å². The molecule has 6 nitrogen and oxygen atoms in total.